The molecule has 78 valence electrons. The van der Waals surface area contributed by atoms with Crippen LogP contribution in [0.1, 0.15) is 30.3 Å². The molecule has 0 aliphatic carbocycles. The van der Waals surface area contributed by atoms with Crippen LogP contribution in [0.4, 0.5) is 0 Å². The van der Waals surface area contributed by atoms with Crippen LogP contribution in [0.2, 0.25) is 0 Å². The number of nitrogens with zero attached hydrogens (tertiary/aromatic N) is 2. The fourth-order valence-corrected chi connectivity index (χ4v) is 1.61. The molecule has 6 heteroatoms. The first-order chi connectivity index (χ1) is 6.74. The van der Waals surface area contributed by atoms with Gasteiger partial charge in [-0.2, -0.15) is 0 Å². The van der Waals surface area contributed by atoms with Crippen molar-refractivity contribution in [3.63, 3.8) is 0 Å². The van der Waals surface area contributed by atoms with Crippen molar-refractivity contribution in [3.05, 3.63) is 11.1 Å². The van der Waals surface area contributed by atoms with Gasteiger partial charge in [0.15, 0.2) is 5.69 Å². The van der Waals surface area contributed by atoms with Crippen LogP contribution in [0, 0.1) is 0 Å². The monoisotopic (exact) mass is 233 g/mol. The fourth-order valence-electron chi connectivity index (χ4n) is 1.02. The minimum absolute atomic E-state index is 0.128. The van der Waals surface area contributed by atoms with Crippen molar-refractivity contribution >= 4 is 29.0 Å². The van der Waals surface area contributed by atoms with Crippen molar-refractivity contribution in [2.24, 2.45) is 0 Å². The third kappa shape index (κ3) is 3.59. The Balaban J connectivity index is 2.34. The summed E-state index contributed by atoms with van der Waals surface area (Å²) in [5.74, 6) is 0.458. The molecule has 0 saturated carbocycles. The van der Waals surface area contributed by atoms with Crippen molar-refractivity contribution in [3.8, 4) is 0 Å². The maximum absolute atomic E-state index is 11.4. The summed E-state index contributed by atoms with van der Waals surface area (Å²) in [6.45, 7) is 1.95. The zero-order chi connectivity index (χ0) is 10.4. The number of aromatic nitrogens is 2. The van der Waals surface area contributed by atoms with Gasteiger partial charge in [0.25, 0.3) is 5.91 Å². The van der Waals surface area contributed by atoms with Gasteiger partial charge in [0.05, 0.1) is 0 Å². The molecule has 0 spiro atoms. The van der Waals surface area contributed by atoms with Crippen LogP contribution in [0.15, 0.2) is 5.38 Å². The lowest BCUT2D eigenvalue weighted by atomic mass is 10.2. The molecule has 1 rings (SSSR count). The Labute approximate surface area is 91.8 Å². The number of halogens is 1. The standard InChI is InChI=1S/C8H12ClN3OS/c1-6(3-2-4-9)10-8(13)7-5-14-12-11-7/h5-6H,2-4H2,1H3,(H,10,13). The lowest BCUT2D eigenvalue weighted by Crippen LogP contribution is -2.32. The highest BCUT2D eigenvalue weighted by molar-refractivity contribution is 7.03. The number of alkyl halides is 1. The second-order valence-electron chi connectivity index (χ2n) is 3.00. The summed E-state index contributed by atoms with van der Waals surface area (Å²) in [5, 5.41) is 8.13. The topological polar surface area (TPSA) is 54.9 Å². The summed E-state index contributed by atoms with van der Waals surface area (Å²) in [6.07, 6.45) is 1.78. The Morgan fingerprint density at radius 1 is 1.79 bits per heavy atom. The van der Waals surface area contributed by atoms with Gasteiger partial charge < -0.3 is 5.32 Å². The highest BCUT2D eigenvalue weighted by Gasteiger charge is 2.11. The quantitative estimate of drug-likeness (QED) is 0.788. The van der Waals surface area contributed by atoms with Gasteiger partial charge in [-0.15, -0.1) is 16.7 Å². The Bertz CT molecular complexity index is 278. The zero-order valence-electron chi connectivity index (χ0n) is 7.86. The molecule has 0 aliphatic heterocycles. The Hall–Kier alpha value is -0.680. The molecular weight excluding hydrogens is 222 g/mol. The maximum Gasteiger partial charge on any atom is 0.272 e. The van der Waals surface area contributed by atoms with E-state index in [1.165, 1.54) is 11.5 Å². The summed E-state index contributed by atoms with van der Waals surface area (Å²) in [6, 6.07) is 0.128. The van der Waals surface area contributed by atoms with E-state index in [9.17, 15) is 4.79 Å². The van der Waals surface area contributed by atoms with Gasteiger partial charge in [-0.3, -0.25) is 4.79 Å². The van der Waals surface area contributed by atoms with E-state index in [4.69, 9.17) is 11.6 Å². The molecular formula is C8H12ClN3OS. The number of rotatable bonds is 5. The molecule has 0 bridgehead atoms. The first-order valence-electron chi connectivity index (χ1n) is 4.38. The molecule has 1 N–H and O–H groups in total. The number of carbonyl (C=O) groups is 1. The predicted octanol–water partition coefficient (Wildman–Crippen LogP) is 1.68. The second-order valence-corrected chi connectivity index (χ2v) is 3.98. The predicted molar refractivity (Wildman–Crippen MR) is 56.8 cm³/mol. The van der Waals surface area contributed by atoms with Crippen LogP contribution in [-0.2, 0) is 0 Å². The van der Waals surface area contributed by atoms with Crippen LogP contribution in [0.5, 0.6) is 0 Å². The van der Waals surface area contributed by atoms with Crippen LogP contribution < -0.4 is 5.32 Å². The van der Waals surface area contributed by atoms with Gasteiger partial charge in [0.1, 0.15) is 0 Å². The van der Waals surface area contributed by atoms with E-state index < -0.39 is 0 Å². The Morgan fingerprint density at radius 3 is 3.14 bits per heavy atom. The first-order valence-corrected chi connectivity index (χ1v) is 5.75. The molecule has 1 aromatic heterocycles. The summed E-state index contributed by atoms with van der Waals surface area (Å²) < 4.78 is 3.62. The fraction of sp³-hybridized carbons (Fsp3) is 0.625. The number of hydrogen-bond acceptors (Lipinski definition) is 4. The Kier molecular flexibility index (Phi) is 4.82. The number of hydrogen-bond donors (Lipinski definition) is 1. The zero-order valence-corrected chi connectivity index (χ0v) is 9.44. The Morgan fingerprint density at radius 2 is 2.57 bits per heavy atom. The molecule has 14 heavy (non-hydrogen) atoms. The second kappa shape index (κ2) is 5.93. The molecule has 1 amide bonds. The van der Waals surface area contributed by atoms with Gasteiger partial charge in [0, 0.05) is 17.3 Å². The highest BCUT2D eigenvalue weighted by Crippen LogP contribution is 2.01. The smallest absolute Gasteiger partial charge is 0.272 e. The lowest BCUT2D eigenvalue weighted by molar-refractivity contribution is 0.0933. The summed E-state index contributed by atoms with van der Waals surface area (Å²) in [4.78, 5) is 11.4. The van der Waals surface area contributed by atoms with Gasteiger partial charge in [-0.1, -0.05) is 4.49 Å². The molecule has 1 aromatic rings. The molecule has 1 heterocycles. The minimum atomic E-state index is -0.166. The van der Waals surface area contributed by atoms with E-state index in [1.807, 2.05) is 6.92 Å². The van der Waals surface area contributed by atoms with Crippen molar-refractivity contribution < 1.29 is 4.79 Å². The van der Waals surface area contributed by atoms with Crippen LogP contribution in [-0.4, -0.2) is 27.4 Å². The third-order valence-electron chi connectivity index (χ3n) is 1.74. The van der Waals surface area contributed by atoms with Gasteiger partial charge in [-0.25, -0.2) is 0 Å². The van der Waals surface area contributed by atoms with E-state index in [-0.39, 0.29) is 11.9 Å². The average molecular weight is 234 g/mol. The van der Waals surface area contributed by atoms with E-state index in [1.54, 1.807) is 5.38 Å². The molecule has 1 atom stereocenters. The van der Waals surface area contributed by atoms with E-state index in [2.05, 4.69) is 14.9 Å². The minimum Gasteiger partial charge on any atom is -0.348 e. The highest BCUT2D eigenvalue weighted by atomic mass is 35.5. The number of amides is 1. The van der Waals surface area contributed by atoms with Crippen molar-refractivity contribution in [2.45, 2.75) is 25.8 Å². The van der Waals surface area contributed by atoms with Gasteiger partial charge in [-0.05, 0) is 31.3 Å². The van der Waals surface area contributed by atoms with Crippen LogP contribution in [0.25, 0.3) is 0 Å². The molecule has 0 aliphatic rings. The molecule has 0 saturated heterocycles. The molecule has 0 aromatic carbocycles. The molecule has 0 radical (unpaired) electrons. The number of carbonyl (C=O) groups excluding carboxylic acids is 1. The van der Waals surface area contributed by atoms with Crippen molar-refractivity contribution in [1.82, 2.24) is 14.9 Å². The summed E-state index contributed by atoms with van der Waals surface area (Å²) in [7, 11) is 0. The van der Waals surface area contributed by atoms with E-state index in [0.29, 0.717) is 11.6 Å². The molecule has 0 fully saturated rings. The van der Waals surface area contributed by atoms with Crippen LogP contribution >= 0.6 is 23.1 Å². The van der Waals surface area contributed by atoms with Gasteiger partial charge >= 0.3 is 0 Å². The van der Waals surface area contributed by atoms with E-state index in [0.717, 1.165) is 12.8 Å². The number of nitrogens with one attached hydrogen (secondary N) is 1. The molecule has 4 nitrogen and oxygen atoms in total. The average Bonchev–Trinajstić information content (AvgIpc) is 2.67. The largest absolute Gasteiger partial charge is 0.348 e. The first kappa shape index (κ1) is 11.4. The summed E-state index contributed by atoms with van der Waals surface area (Å²) >= 11 is 6.72. The van der Waals surface area contributed by atoms with Crippen molar-refractivity contribution in [2.75, 3.05) is 5.88 Å². The molecule has 1 unspecified atom stereocenters. The summed E-state index contributed by atoms with van der Waals surface area (Å²) in [5.41, 5.74) is 0.382. The lowest BCUT2D eigenvalue weighted by Gasteiger charge is -2.11. The van der Waals surface area contributed by atoms with E-state index >= 15 is 0 Å². The normalized spacial score (nSPS) is 12.4. The van der Waals surface area contributed by atoms with Crippen LogP contribution in [0.3, 0.4) is 0 Å². The third-order valence-corrected chi connectivity index (χ3v) is 2.51. The van der Waals surface area contributed by atoms with Crippen molar-refractivity contribution in [1.29, 1.82) is 0 Å². The maximum atomic E-state index is 11.4. The SMILES string of the molecule is CC(CCCCl)NC(=O)c1csnn1. The van der Waals surface area contributed by atoms with Gasteiger partial charge in [0.2, 0.25) is 0 Å².